The summed E-state index contributed by atoms with van der Waals surface area (Å²) in [7, 11) is 0. The minimum atomic E-state index is 0.105. The van der Waals surface area contributed by atoms with Crippen LogP contribution < -0.4 is 10.6 Å². The van der Waals surface area contributed by atoms with E-state index in [2.05, 4.69) is 59.2 Å². The van der Waals surface area contributed by atoms with Crippen molar-refractivity contribution < 1.29 is 4.74 Å². The maximum Gasteiger partial charge on any atom is 0.138 e. The summed E-state index contributed by atoms with van der Waals surface area (Å²) in [5, 5.41) is 6.99. The van der Waals surface area contributed by atoms with Gasteiger partial charge in [-0.15, -0.1) is 0 Å². The zero-order valence-corrected chi connectivity index (χ0v) is 10.3. The molecule has 3 heteroatoms. The minimum Gasteiger partial charge on any atom is -0.359 e. The predicted molar refractivity (Wildman–Crippen MR) is 74.3 cm³/mol. The van der Waals surface area contributed by atoms with Crippen LogP contribution in [-0.2, 0) is 4.74 Å². The molecule has 4 unspecified atom stereocenters. The Labute approximate surface area is 111 Å². The van der Waals surface area contributed by atoms with E-state index >= 15 is 0 Å². The van der Waals surface area contributed by atoms with Gasteiger partial charge in [0, 0.05) is 23.2 Å². The van der Waals surface area contributed by atoms with Gasteiger partial charge in [0.25, 0.3) is 0 Å². The molecule has 4 atom stereocenters. The summed E-state index contributed by atoms with van der Waals surface area (Å²) in [6.07, 6.45) is 0.210. The number of hydrogen-bond donors (Lipinski definition) is 2. The molecule has 0 aliphatic carbocycles. The van der Waals surface area contributed by atoms with Gasteiger partial charge < -0.3 is 15.4 Å². The van der Waals surface area contributed by atoms with E-state index in [1.807, 2.05) is 0 Å². The van der Waals surface area contributed by atoms with Crippen LogP contribution in [0.1, 0.15) is 23.0 Å². The molecule has 0 spiro atoms. The Morgan fingerprint density at radius 3 is 1.68 bits per heavy atom. The number of hydrogen-bond acceptors (Lipinski definition) is 3. The first-order valence-electron chi connectivity index (χ1n) is 6.78. The van der Waals surface area contributed by atoms with Crippen molar-refractivity contribution in [2.75, 3.05) is 10.6 Å². The molecule has 94 valence electrons. The predicted octanol–water partition coefficient (Wildman–Crippen LogP) is 3.09. The maximum absolute atomic E-state index is 6.15. The first-order chi connectivity index (χ1) is 9.42. The van der Waals surface area contributed by atoms with Crippen LogP contribution in [0.3, 0.4) is 0 Å². The molecule has 0 saturated carbocycles. The van der Waals surface area contributed by atoms with Crippen LogP contribution in [0.4, 0.5) is 11.4 Å². The Morgan fingerprint density at radius 1 is 0.684 bits per heavy atom. The average Bonchev–Trinajstić information content (AvgIpc) is 3.04. The normalized spacial score (nSPS) is 32.8. The third-order valence-electron chi connectivity index (χ3n) is 4.57. The first-order valence-corrected chi connectivity index (χ1v) is 6.78. The number of fused-ring (bicyclic) bond motifs is 7. The lowest BCUT2D eigenvalue weighted by Gasteiger charge is -2.15. The highest BCUT2D eigenvalue weighted by Crippen LogP contribution is 2.56. The van der Waals surface area contributed by atoms with Crippen molar-refractivity contribution >= 4 is 11.4 Å². The van der Waals surface area contributed by atoms with E-state index in [1.165, 1.54) is 22.5 Å². The smallest absolute Gasteiger partial charge is 0.138 e. The van der Waals surface area contributed by atoms with Gasteiger partial charge in [-0.05, 0) is 23.3 Å². The molecule has 3 nitrogen and oxygen atoms in total. The molecule has 3 aliphatic heterocycles. The molecule has 0 amide bonds. The Balaban J connectivity index is 1.67. The third-order valence-corrected chi connectivity index (χ3v) is 4.57. The summed E-state index contributed by atoms with van der Waals surface area (Å²) < 4.78 is 6.15. The van der Waals surface area contributed by atoms with E-state index < -0.39 is 0 Å². The van der Waals surface area contributed by atoms with E-state index in [0.717, 1.165) is 0 Å². The van der Waals surface area contributed by atoms with Gasteiger partial charge in [-0.1, -0.05) is 36.4 Å². The molecule has 2 N–H and O–H groups in total. The fraction of sp³-hybridized carbons (Fsp3) is 0.250. The highest BCUT2D eigenvalue weighted by molar-refractivity contribution is 5.66. The van der Waals surface area contributed by atoms with E-state index in [0.29, 0.717) is 11.8 Å². The molecule has 3 heterocycles. The van der Waals surface area contributed by atoms with Crippen molar-refractivity contribution in [3.8, 4) is 0 Å². The number of benzene rings is 2. The third kappa shape index (κ3) is 1.16. The Kier molecular flexibility index (Phi) is 1.72. The van der Waals surface area contributed by atoms with Crippen LogP contribution in [0.25, 0.3) is 0 Å². The summed E-state index contributed by atoms with van der Waals surface area (Å²) in [6, 6.07) is 17.1. The second-order valence-electron chi connectivity index (χ2n) is 5.49. The van der Waals surface area contributed by atoms with Crippen molar-refractivity contribution in [2.24, 2.45) is 0 Å². The average molecular weight is 250 g/mol. The highest BCUT2D eigenvalue weighted by Gasteiger charge is 2.53. The molecule has 2 aromatic rings. The van der Waals surface area contributed by atoms with Crippen molar-refractivity contribution in [1.29, 1.82) is 0 Å². The highest BCUT2D eigenvalue weighted by atomic mass is 16.5. The van der Waals surface area contributed by atoms with Gasteiger partial charge in [0.1, 0.15) is 12.5 Å². The van der Waals surface area contributed by atoms with Crippen LogP contribution in [-0.4, -0.2) is 12.5 Å². The summed E-state index contributed by atoms with van der Waals surface area (Å²) in [4.78, 5) is 0. The van der Waals surface area contributed by atoms with Crippen molar-refractivity contribution in [1.82, 2.24) is 0 Å². The maximum atomic E-state index is 6.15. The van der Waals surface area contributed by atoms with Crippen molar-refractivity contribution in [3.05, 3.63) is 59.7 Å². The quantitative estimate of drug-likeness (QED) is 0.753. The Bertz CT molecular complexity index is 612. The molecular formula is C16H14N2O. The van der Waals surface area contributed by atoms with Crippen molar-refractivity contribution in [2.45, 2.75) is 24.3 Å². The van der Waals surface area contributed by atoms with Gasteiger partial charge >= 0.3 is 0 Å². The lowest BCUT2D eigenvalue weighted by atomic mass is 9.84. The lowest BCUT2D eigenvalue weighted by Crippen LogP contribution is -2.22. The molecule has 0 bridgehead atoms. The molecule has 3 aliphatic rings. The molecule has 1 saturated heterocycles. The van der Waals surface area contributed by atoms with Gasteiger partial charge in [-0.25, -0.2) is 0 Å². The number of nitrogens with one attached hydrogen (secondary N) is 2. The number of anilines is 2. The Morgan fingerprint density at radius 2 is 1.16 bits per heavy atom. The summed E-state index contributed by atoms with van der Waals surface area (Å²) in [6.45, 7) is 0. The zero-order valence-electron chi connectivity index (χ0n) is 10.3. The summed E-state index contributed by atoms with van der Waals surface area (Å²) in [5.74, 6) is 0.828. The van der Waals surface area contributed by atoms with Crippen LogP contribution in [0.15, 0.2) is 48.5 Å². The second kappa shape index (κ2) is 3.31. The molecule has 19 heavy (non-hydrogen) atoms. The van der Waals surface area contributed by atoms with E-state index in [4.69, 9.17) is 4.74 Å². The molecular weight excluding hydrogens is 236 g/mol. The van der Waals surface area contributed by atoms with Gasteiger partial charge in [0.05, 0.1) is 0 Å². The lowest BCUT2D eigenvalue weighted by molar-refractivity contribution is 0.0757. The van der Waals surface area contributed by atoms with Gasteiger partial charge in [-0.3, -0.25) is 0 Å². The summed E-state index contributed by atoms with van der Waals surface area (Å²) >= 11 is 0. The topological polar surface area (TPSA) is 33.3 Å². The molecule has 0 aromatic heterocycles. The fourth-order valence-electron chi connectivity index (χ4n) is 3.81. The minimum absolute atomic E-state index is 0.105. The van der Waals surface area contributed by atoms with Crippen molar-refractivity contribution in [3.63, 3.8) is 0 Å². The zero-order chi connectivity index (χ0) is 12.4. The number of rotatable bonds is 0. The van der Waals surface area contributed by atoms with Crippen LogP contribution in [0, 0.1) is 0 Å². The van der Waals surface area contributed by atoms with E-state index in [1.54, 1.807) is 0 Å². The molecule has 0 radical (unpaired) electrons. The van der Waals surface area contributed by atoms with Crippen LogP contribution in [0.5, 0.6) is 0 Å². The Hall–Kier alpha value is -2.00. The van der Waals surface area contributed by atoms with E-state index in [9.17, 15) is 0 Å². The van der Waals surface area contributed by atoms with Crippen LogP contribution >= 0.6 is 0 Å². The molecule has 5 rings (SSSR count). The summed E-state index contributed by atoms with van der Waals surface area (Å²) in [5.41, 5.74) is 5.22. The van der Waals surface area contributed by atoms with Gasteiger partial charge in [0.15, 0.2) is 0 Å². The largest absolute Gasteiger partial charge is 0.359 e. The standard InChI is InChI=1S/C16H14N2O/c1-3-7-11-9(5-1)13-14-10-6-2-4-8-12(10)18-16(14)19-15(13)17-11/h1-8,13-18H. The van der Waals surface area contributed by atoms with Gasteiger partial charge in [0.2, 0.25) is 0 Å². The SMILES string of the molecule is c1ccc2c(c1)NC1OC3Nc4ccccc4C3C21. The number of para-hydroxylation sites is 2. The molecule has 1 fully saturated rings. The first kappa shape index (κ1) is 9.87. The number of ether oxygens (including phenoxy) is 1. The van der Waals surface area contributed by atoms with Gasteiger partial charge in [-0.2, -0.15) is 0 Å². The monoisotopic (exact) mass is 250 g/mol. The van der Waals surface area contributed by atoms with E-state index in [-0.39, 0.29) is 12.5 Å². The van der Waals surface area contributed by atoms with Crippen LogP contribution in [0.2, 0.25) is 0 Å². The fourth-order valence-corrected chi connectivity index (χ4v) is 3.81. The molecule has 2 aromatic carbocycles. The second-order valence-corrected chi connectivity index (χ2v) is 5.49.